The molecule has 0 aromatic carbocycles. The van der Waals surface area contributed by atoms with Crippen molar-refractivity contribution in [1.82, 2.24) is 9.80 Å². The Morgan fingerprint density at radius 3 is 1.89 bits per heavy atom. The number of ether oxygens (including phenoxy) is 1. The Bertz CT molecular complexity index is 236. The highest BCUT2D eigenvalue weighted by Crippen LogP contribution is 1.98. The number of carbonyl (C=O) groups is 2. The largest absolute Gasteiger partial charge is 0.378 e. The van der Waals surface area contributed by atoms with E-state index in [1.807, 2.05) is 18.7 Å². The van der Waals surface area contributed by atoms with E-state index in [1.165, 1.54) is 0 Å². The third kappa shape index (κ3) is 8.06. The van der Waals surface area contributed by atoms with Gasteiger partial charge in [0.25, 0.3) is 0 Å². The summed E-state index contributed by atoms with van der Waals surface area (Å²) in [6.07, 6.45) is 1.22. The standard InChI is InChI=1S/C7H13NO2.C5H11NO.CH4/c1-2-7(9)8-3-5-10-6-4-8;1-4-5(7)6(2)3;/h2-6H2,1H3;4H2,1-3H3;1H4. The van der Waals surface area contributed by atoms with E-state index in [9.17, 15) is 9.59 Å². The summed E-state index contributed by atoms with van der Waals surface area (Å²) in [4.78, 5) is 24.9. The van der Waals surface area contributed by atoms with Crippen LogP contribution >= 0.6 is 0 Å². The van der Waals surface area contributed by atoms with Crippen molar-refractivity contribution in [3.05, 3.63) is 0 Å². The van der Waals surface area contributed by atoms with E-state index in [1.54, 1.807) is 19.0 Å². The Hall–Kier alpha value is -1.10. The van der Waals surface area contributed by atoms with Gasteiger partial charge in [-0.15, -0.1) is 0 Å². The first-order valence-corrected chi connectivity index (χ1v) is 6.08. The number of hydrogen-bond acceptors (Lipinski definition) is 3. The zero-order valence-electron chi connectivity index (χ0n) is 11.4. The maximum atomic E-state index is 11.0. The van der Waals surface area contributed by atoms with Crippen molar-refractivity contribution in [1.29, 1.82) is 0 Å². The first-order chi connectivity index (χ1) is 8.02. The van der Waals surface area contributed by atoms with E-state index >= 15 is 0 Å². The molecule has 0 aromatic rings. The molecule has 2 amide bonds. The number of carbonyl (C=O) groups excluding carboxylic acids is 2. The third-order valence-electron chi connectivity index (χ3n) is 2.47. The number of hydrogen-bond donors (Lipinski definition) is 0. The lowest BCUT2D eigenvalue weighted by Crippen LogP contribution is -2.40. The molecule has 5 nitrogen and oxygen atoms in total. The smallest absolute Gasteiger partial charge is 0.222 e. The molecular formula is C13H28N2O3. The summed E-state index contributed by atoms with van der Waals surface area (Å²) in [6.45, 7) is 6.68. The van der Waals surface area contributed by atoms with Crippen LogP contribution in [0.2, 0.25) is 0 Å². The van der Waals surface area contributed by atoms with Crippen LogP contribution in [0.25, 0.3) is 0 Å². The van der Waals surface area contributed by atoms with Crippen molar-refractivity contribution in [2.75, 3.05) is 40.4 Å². The maximum absolute atomic E-state index is 11.0. The lowest BCUT2D eigenvalue weighted by atomic mass is 10.3. The molecule has 0 radical (unpaired) electrons. The van der Waals surface area contributed by atoms with Crippen LogP contribution in [0.1, 0.15) is 34.1 Å². The van der Waals surface area contributed by atoms with E-state index in [0.717, 1.165) is 13.1 Å². The fourth-order valence-corrected chi connectivity index (χ4v) is 1.35. The molecule has 1 saturated heterocycles. The molecule has 108 valence electrons. The number of rotatable bonds is 2. The van der Waals surface area contributed by atoms with Gasteiger partial charge < -0.3 is 14.5 Å². The number of morpholine rings is 1. The summed E-state index contributed by atoms with van der Waals surface area (Å²) in [6, 6.07) is 0. The van der Waals surface area contributed by atoms with Gasteiger partial charge in [-0.2, -0.15) is 0 Å². The zero-order valence-corrected chi connectivity index (χ0v) is 11.4. The molecule has 0 saturated carbocycles. The van der Waals surface area contributed by atoms with Crippen LogP contribution in [0.4, 0.5) is 0 Å². The van der Waals surface area contributed by atoms with Crippen LogP contribution in [-0.2, 0) is 14.3 Å². The van der Waals surface area contributed by atoms with E-state index in [-0.39, 0.29) is 19.2 Å². The molecule has 0 unspecified atom stereocenters. The van der Waals surface area contributed by atoms with Gasteiger partial charge in [0.15, 0.2) is 0 Å². The Morgan fingerprint density at radius 1 is 1.11 bits per heavy atom. The predicted molar refractivity (Wildman–Crippen MR) is 73.4 cm³/mol. The topological polar surface area (TPSA) is 49.9 Å². The summed E-state index contributed by atoms with van der Waals surface area (Å²) >= 11 is 0. The summed E-state index contributed by atoms with van der Waals surface area (Å²) in [5, 5.41) is 0. The van der Waals surface area contributed by atoms with Crippen molar-refractivity contribution < 1.29 is 14.3 Å². The molecule has 1 heterocycles. The highest BCUT2D eigenvalue weighted by Gasteiger charge is 2.13. The van der Waals surface area contributed by atoms with Gasteiger partial charge in [0.05, 0.1) is 13.2 Å². The second-order valence-electron chi connectivity index (χ2n) is 3.99. The molecule has 1 aliphatic rings. The average molecular weight is 260 g/mol. The summed E-state index contributed by atoms with van der Waals surface area (Å²) in [5.41, 5.74) is 0. The molecule has 5 heteroatoms. The lowest BCUT2D eigenvalue weighted by Gasteiger charge is -2.26. The lowest BCUT2D eigenvalue weighted by molar-refractivity contribution is -0.134. The van der Waals surface area contributed by atoms with Crippen molar-refractivity contribution in [2.45, 2.75) is 34.1 Å². The molecule has 0 spiro atoms. The second kappa shape index (κ2) is 11.0. The minimum Gasteiger partial charge on any atom is -0.378 e. The minimum atomic E-state index is 0. The van der Waals surface area contributed by atoms with Crippen LogP contribution < -0.4 is 0 Å². The second-order valence-corrected chi connectivity index (χ2v) is 3.99. The maximum Gasteiger partial charge on any atom is 0.222 e. The van der Waals surface area contributed by atoms with Crippen LogP contribution in [-0.4, -0.2) is 62.0 Å². The van der Waals surface area contributed by atoms with Gasteiger partial charge in [0, 0.05) is 40.0 Å². The molecule has 0 aromatic heterocycles. The van der Waals surface area contributed by atoms with E-state index in [4.69, 9.17) is 4.74 Å². The van der Waals surface area contributed by atoms with E-state index in [0.29, 0.717) is 26.1 Å². The molecule has 1 fully saturated rings. The van der Waals surface area contributed by atoms with Gasteiger partial charge in [-0.1, -0.05) is 21.3 Å². The Morgan fingerprint density at radius 2 is 1.61 bits per heavy atom. The molecule has 0 N–H and O–H groups in total. The van der Waals surface area contributed by atoms with E-state index < -0.39 is 0 Å². The Balaban J connectivity index is 0. The molecule has 1 rings (SSSR count). The summed E-state index contributed by atoms with van der Waals surface area (Å²) < 4.78 is 5.10. The fourth-order valence-electron chi connectivity index (χ4n) is 1.35. The van der Waals surface area contributed by atoms with Gasteiger partial charge >= 0.3 is 0 Å². The van der Waals surface area contributed by atoms with E-state index in [2.05, 4.69) is 0 Å². The molecule has 0 aliphatic carbocycles. The molecule has 18 heavy (non-hydrogen) atoms. The summed E-state index contributed by atoms with van der Waals surface area (Å²) in [7, 11) is 3.51. The zero-order chi connectivity index (χ0) is 13.3. The fraction of sp³-hybridized carbons (Fsp3) is 0.846. The normalized spacial score (nSPS) is 13.9. The van der Waals surface area contributed by atoms with Crippen molar-refractivity contribution in [3.63, 3.8) is 0 Å². The molecular weight excluding hydrogens is 232 g/mol. The third-order valence-corrected chi connectivity index (χ3v) is 2.47. The van der Waals surface area contributed by atoms with Crippen LogP contribution in [0.5, 0.6) is 0 Å². The number of nitrogens with zero attached hydrogens (tertiary/aromatic N) is 2. The van der Waals surface area contributed by atoms with Gasteiger partial charge in [-0.05, 0) is 0 Å². The highest BCUT2D eigenvalue weighted by molar-refractivity contribution is 5.75. The van der Waals surface area contributed by atoms with Crippen molar-refractivity contribution in [2.24, 2.45) is 0 Å². The van der Waals surface area contributed by atoms with Crippen molar-refractivity contribution in [3.8, 4) is 0 Å². The average Bonchev–Trinajstić information content (AvgIpc) is 2.38. The van der Waals surface area contributed by atoms with Crippen LogP contribution in [0.15, 0.2) is 0 Å². The van der Waals surface area contributed by atoms with Gasteiger partial charge in [-0.25, -0.2) is 0 Å². The molecule has 0 atom stereocenters. The number of amides is 2. The van der Waals surface area contributed by atoms with Gasteiger partial charge in [-0.3, -0.25) is 9.59 Å². The minimum absolute atomic E-state index is 0. The van der Waals surface area contributed by atoms with Gasteiger partial charge in [0.1, 0.15) is 0 Å². The first-order valence-electron chi connectivity index (χ1n) is 6.08. The van der Waals surface area contributed by atoms with Gasteiger partial charge in [0.2, 0.25) is 11.8 Å². The van der Waals surface area contributed by atoms with Crippen LogP contribution in [0.3, 0.4) is 0 Å². The predicted octanol–water partition coefficient (Wildman–Crippen LogP) is 1.38. The molecule has 0 bridgehead atoms. The highest BCUT2D eigenvalue weighted by atomic mass is 16.5. The van der Waals surface area contributed by atoms with Crippen molar-refractivity contribution >= 4 is 11.8 Å². The Kier molecular flexibility index (Phi) is 11.8. The monoisotopic (exact) mass is 260 g/mol. The molecule has 1 aliphatic heterocycles. The quantitative estimate of drug-likeness (QED) is 0.753. The Labute approximate surface area is 111 Å². The SMILES string of the molecule is C.CCC(=O)N(C)C.CCC(=O)N1CCOCC1. The summed E-state index contributed by atoms with van der Waals surface area (Å²) in [5.74, 6) is 0.420. The first kappa shape index (κ1) is 19.2. The van der Waals surface area contributed by atoms with Crippen LogP contribution in [0, 0.1) is 0 Å².